The van der Waals surface area contributed by atoms with Gasteiger partial charge in [-0.2, -0.15) is 0 Å². The average molecular weight is 259 g/mol. The van der Waals surface area contributed by atoms with E-state index < -0.39 is 10.8 Å². The van der Waals surface area contributed by atoms with Crippen LogP contribution < -0.4 is 0 Å². The highest BCUT2D eigenvalue weighted by atomic mass is 32.2. The SMILES string of the molecule is CC1CCC(C(=O)N2CCS(=O)C(C)(C)C2)O1. The maximum Gasteiger partial charge on any atom is 0.251 e. The Morgan fingerprint density at radius 2 is 2.12 bits per heavy atom. The lowest BCUT2D eigenvalue weighted by atomic mass is 10.1. The average Bonchev–Trinajstić information content (AvgIpc) is 2.68. The van der Waals surface area contributed by atoms with Crippen LogP contribution in [0.25, 0.3) is 0 Å². The minimum absolute atomic E-state index is 0.0825. The Hall–Kier alpha value is -0.420. The van der Waals surface area contributed by atoms with E-state index in [4.69, 9.17) is 4.74 Å². The Labute approximate surface area is 105 Å². The van der Waals surface area contributed by atoms with Crippen molar-refractivity contribution in [3.63, 3.8) is 0 Å². The van der Waals surface area contributed by atoms with Gasteiger partial charge in [0.2, 0.25) is 0 Å². The second kappa shape index (κ2) is 4.69. The summed E-state index contributed by atoms with van der Waals surface area (Å²) in [4.78, 5) is 14.1. The zero-order valence-electron chi connectivity index (χ0n) is 10.8. The lowest BCUT2D eigenvalue weighted by Crippen LogP contribution is -2.54. The molecule has 0 N–H and O–H groups in total. The first-order chi connectivity index (χ1) is 7.90. The maximum atomic E-state index is 12.2. The van der Waals surface area contributed by atoms with Crippen LogP contribution >= 0.6 is 0 Å². The molecule has 2 heterocycles. The molecule has 2 aliphatic rings. The third-order valence-electron chi connectivity index (χ3n) is 3.55. The number of carbonyl (C=O) groups excluding carboxylic acids is 1. The van der Waals surface area contributed by atoms with Crippen molar-refractivity contribution in [1.82, 2.24) is 4.90 Å². The molecule has 0 aromatic heterocycles. The Morgan fingerprint density at radius 1 is 1.41 bits per heavy atom. The van der Waals surface area contributed by atoms with Gasteiger partial charge in [-0.05, 0) is 33.6 Å². The fourth-order valence-electron chi connectivity index (χ4n) is 2.46. The van der Waals surface area contributed by atoms with Crippen LogP contribution in [-0.4, -0.2) is 50.8 Å². The molecule has 0 radical (unpaired) electrons. The molecule has 0 aromatic carbocycles. The van der Waals surface area contributed by atoms with E-state index >= 15 is 0 Å². The van der Waals surface area contributed by atoms with Gasteiger partial charge in [0.1, 0.15) is 6.10 Å². The third kappa shape index (κ3) is 2.71. The molecule has 2 rings (SSSR count). The van der Waals surface area contributed by atoms with Gasteiger partial charge in [0, 0.05) is 29.6 Å². The van der Waals surface area contributed by atoms with E-state index in [1.807, 2.05) is 25.7 Å². The van der Waals surface area contributed by atoms with Crippen LogP contribution in [-0.2, 0) is 20.3 Å². The summed E-state index contributed by atoms with van der Waals surface area (Å²) in [7, 11) is -0.831. The van der Waals surface area contributed by atoms with E-state index in [2.05, 4.69) is 0 Å². The molecule has 17 heavy (non-hydrogen) atoms. The van der Waals surface area contributed by atoms with Crippen LogP contribution in [0.3, 0.4) is 0 Å². The summed E-state index contributed by atoms with van der Waals surface area (Å²) in [5.41, 5.74) is 0. The van der Waals surface area contributed by atoms with Crippen molar-refractivity contribution in [2.75, 3.05) is 18.8 Å². The third-order valence-corrected chi connectivity index (χ3v) is 5.47. The smallest absolute Gasteiger partial charge is 0.251 e. The lowest BCUT2D eigenvalue weighted by molar-refractivity contribution is -0.142. The van der Waals surface area contributed by atoms with E-state index in [-0.39, 0.29) is 22.9 Å². The number of nitrogens with zero attached hydrogens (tertiary/aromatic N) is 1. The molecule has 4 nitrogen and oxygen atoms in total. The lowest BCUT2D eigenvalue weighted by Gasteiger charge is -2.38. The van der Waals surface area contributed by atoms with Crippen molar-refractivity contribution in [3.05, 3.63) is 0 Å². The topological polar surface area (TPSA) is 46.6 Å². The summed E-state index contributed by atoms with van der Waals surface area (Å²) in [6.07, 6.45) is 1.70. The summed E-state index contributed by atoms with van der Waals surface area (Å²) >= 11 is 0. The molecule has 3 unspecified atom stereocenters. The van der Waals surface area contributed by atoms with Crippen molar-refractivity contribution < 1.29 is 13.7 Å². The second-order valence-corrected chi connectivity index (χ2v) is 7.79. The fourth-order valence-corrected chi connectivity index (χ4v) is 3.69. The monoisotopic (exact) mass is 259 g/mol. The van der Waals surface area contributed by atoms with Gasteiger partial charge in [0.05, 0.1) is 10.9 Å². The predicted octanol–water partition coefficient (Wildman–Crippen LogP) is 0.923. The first-order valence-electron chi connectivity index (χ1n) is 6.23. The molecule has 0 spiro atoms. The molecule has 3 atom stereocenters. The van der Waals surface area contributed by atoms with Crippen LogP contribution in [0.5, 0.6) is 0 Å². The minimum Gasteiger partial charge on any atom is -0.365 e. The zero-order chi connectivity index (χ0) is 12.6. The molecular weight excluding hydrogens is 238 g/mol. The first-order valence-corrected chi connectivity index (χ1v) is 7.55. The highest BCUT2D eigenvalue weighted by molar-refractivity contribution is 7.86. The first kappa shape index (κ1) is 13.0. The van der Waals surface area contributed by atoms with Gasteiger partial charge in [-0.25, -0.2) is 0 Å². The molecule has 0 saturated carbocycles. The van der Waals surface area contributed by atoms with E-state index in [9.17, 15) is 9.00 Å². The summed E-state index contributed by atoms with van der Waals surface area (Å²) in [5, 5.41) is 0. The molecule has 2 aliphatic heterocycles. The number of carbonyl (C=O) groups is 1. The number of ether oxygens (including phenoxy) is 1. The number of amides is 1. The number of hydrogen-bond acceptors (Lipinski definition) is 3. The van der Waals surface area contributed by atoms with Crippen molar-refractivity contribution in [2.24, 2.45) is 0 Å². The van der Waals surface area contributed by atoms with Crippen LogP contribution in [0.15, 0.2) is 0 Å². The number of hydrogen-bond donors (Lipinski definition) is 0. The normalized spacial score (nSPS) is 37.1. The molecule has 2 fully saturated rings. The maximum absolute atomic E-state index is 12.2. The van der Waals surface area contributed by atoms with Gasteiger partial charge in [-0.15, -0.1) is 0 Å². The van der Waals surface area contributed by atoms with Gasteiger partial charge in [0.25, 0.3) is 5.91 Å². The molecule has 1 amide bonds. The molecular formula is C12H21NO3S. The van der Waals surface area contributed by atoms with E-state index in [1.54, 1.807) is 0 Å². The Balaban J connectivity index is 1.99. The fraction of sp³-hybridized carbons (Fsp3) is 0.917. The van der Waals surface area contributed by atoms with E-state index in [0.29, 0.717) is 18.8 Å². The van der Waals surface area contributed by atoms with Gasteiger partial charge in [-0.1, -0.05) is 0 Å². The molecule has 0 aliphatic carbocycles. The standard InChI is InChI=1S/C12H21NO3S/c1-9-4-5-10(16-9)11(14)13-6-7-17(15)12(2,3)8-13/h9-10H,4-8H2,1-3H3. The quantitative estimate of drug-likeness (QED) is 0.703. The Morgan fingerprint density at radius 3 is 2.65 bits per heavy atom. The van der Waals surface area contributed by atoms with E-state index in [1.165, 1.54) is 0 Å². The number of rotatable bonds is 1. The van der Waals surface area contributed by atoms with Crippen LogP contribution in [0.4, 0.5) is 0 Å². The Kier molecular flexibility index (Phi) is 3.59. The van der Waals surface area contributed by atoms with Crippen LogP contribution in [0, 0.1) is 0 Å². The van der Waals surface area contributed by atoms with Gasteiger partial charge < -0.3 is 9.64 Å². The van der Waals surface area contributed by atoms with E-state index in [0.717, 1.165) is 12.8 Å². The van der Waals surface area contributed by atoms with Crippen molar-refractivity contribution in [2.45, 2.75) is 50.6 Å². The molecule has 2 saturated heterocycles. The van der Waals surface area contributed by atoms with Crippen molar-refractivity contribution >= 4 is 16.7 Å². The summed E-state index contributed by atoms with van der Waals surface area (Å²) in [6, 6.07) is 0. The summed E-state index contributed by atoms with van der Waals surface area (Å²) in [6.45, 7) is 7.10. The highest BCUT2D eigenvalue weighted by Gasteiger charge is 2.39. The summed E-state index contributed by atoms with van der Waals surface area (Å²) < 4.78 is 17.1. The molecule has 98 valence electrons. The molecule has 5 heteroatoms. The highest BCUT2D eigenvalue weighted by Crippen LogP contribution is 2.25. The Bertz CT molecular complexity index is 343. The summed E-state index contributed by atoms with van der Waals surface area (Å²) in [5.74, 6) is 0.667. The van der Waals surface area contributed by atoms with Gasteiger partial charge in [0.15, 0.2) is 0 Å². The molecule has 0 aromatic rings. The minimum atomic E-state index is -0.831. The zero-order valence-corrected chi connectivity index (χ0v) is 11.6. The largest absolute Gasteiger partial charge is 0.365 e. The van der Waals surface area contributed by atoms with Crippen LogP contribution in [0.2, 0.25) is 0 Å². The van der Waals surface area contributed by atoms with Crippen LogP contribution in [0.1, 0.15) is 33.6 Å². The van der Waals surface area contributed by atoms with Gasteiger partial charge in [-0.3, -0.25) is 9.00 Å². The van der Waals surface area contributed by atoms with Crippen molar-refractivity contribution in [1.29, 1.82) is 0 Å². The van der Waals surface area contributed by atoms with Crippen molar-refractivity contribution in [3.8, 4) is 0 Å². The van der Waals surface area contributed by atoms with Gasteiger partial charge >= 0.3 is 0 Å². The molecule has 0 bridgehead atoms. The second-order valence-electron chi connectivity index (χ2n) is 5.58. The predicted molar refractivity (Wildman–Crippen MR) is 67.2 cm³/mol.